The summed E-state index contributed by atoms with van der Waals surface area (Å²) < 4.78 is 1.07. The van der Waals surface area contributed by atoms with Gasteiger partial charge < -0.3 is 9.80 Å². The Balaban J connectivity index is 1.66. The van der Waals surface area contributed by atoms with Crippen molar-refractivity contribution in [1.82, 2.24) is 0 Å². The molecule has 0 amide bonds. The molecule has 0 N–H and O–H groups in total. The van der Waals surface area contributed by atoms with Gasteiger partial charge in [0.1, 0.15) is 0 Å². The average molecular weight is 463 g/mol. The largest absolute Gasteiger partial charge is 0.306 e. The highest BCUT2D eigenvalue weighted by Crippen LogP contribution is 2.54. The van der Waals surface area contributed by atoms with Crippen molar-refractivity contribution in [3.63, 3.8) is 0 Å². The molecule has 5 aromatic rings. The van der Waals surface area contributed by atoms with Crippen LogP contribution in [-0.2, 0) is 0 Å². The van der Waals surface area contributed by atoms with E-state index in [9.17, 15) is 0 Å². The summed E-state index contributed by atoms with van der Waals surface area (Å²) in [7, 11) is 0. The second-order valence-electron chi connectivity index (χ2n) is 7.63. The summed E-state index contributed by atoms with van der Waals surface area (Å²) in [4.78, 5) is 4.73. The van der Waals surface area contributed by atoms with Crippen molar-refractivity contribution in [3.05, 3.63) is 120 Å². The van der Waals surface area contributed by atoms with E-state index in [-0.39, 0.29) is 0 Å². The third kappa shape index (κ3) is 2.93. The molecule has 6 rings (SSSR count). The van der Waals surface area contributed by atoms with Crippen LogP contribution < -0.4 is 9.80 Å². The third-order valence-corrected chi connectivity index (χ3v) is 6.29. The zero-order valence-corrected chi connectivity index (χ0v) is 18.3. The lowest BCUT2D eigenvalue weighted by Crippen LogP contribution is -2.24. The molecule has 0 spiro atoms. The molecule has 0 atom stereocenters. The minimum Gasteiger partial charge on any atom is -0.306 e. The highest BCUT2D eigenvalue weighted by molar-refractivity contribution is 9.10. The first-order valence-electron chi connectivity index (χ1n) is 10.3. The van der Waals surface area contributed by atoms with Gasteiger partial charge in [-0.25, -0.2) is 0 Å². The fraction of sp³-hybridized carbons (Fsp3) is 0. The highest BCUT2D eigenvalue weighted by atomic mass is 79.9. The molecule has 0 aliphatic carbocycles. The number of benzene rings is 5. The van der Waals surface area contributed by atoms with Crippen molar-refractivity contribution in [2.24, 2.45) is 0 Å². The normalized spacial score (nSPS) is 12.5. The molecule has 1 heterocycles. The summed E-state index contributed by atoms with van der Waals surface area (Å²) in [5, 5.41) is 2.48. The van der Waals surface area contributed by atoms with Crippen LogP contribution in [0.15, 0.2) is 120 Å². The number of fused-ring (bicyclic) bond motifs is 3. The van der Waals surface area contributed by atoms with E-state index in [0.29, 0.717) is 0 Å². The molecule has 0 radical (unpaired) electrons. The monoisotopic (exact) mass is 462 g/mol. The lowest BCUT2D eigenvalue weighted by Gasteiger charge is -2.40. The maximum absolute atomic E-state index is 3.65. The second kappa shape index (κ2) is 7.29. The maximum Gasteiger partial charge on any atom is 0.0703 e. The zero-order chi connectivity index (χ0) is 20.8. The van der Waals surface area contributed by atoms with Crippen LogP contribution in [0, 0.1) is 0 Å². The molecule has 148 valence electrons. The van der Waals surface area contributed by atoms with Gasteiger partial charge in [0, 0.05) is 15.5 Å². The average Bonchev–Trinajstić information content (AvgIpc) is 2.82. The maximum atomic E-state index is 3.65. The number of hydrogen-bond donors (Lipinski definition) is 0. The SMILES string of the molecule is Brc1cccc(N2c3ccccc3N(c3cccc4ccccc34)c3ccccc32)c1. The number of rotatable bonds is 2. The summed E-state index contributed by atoms with van der Waals surface area (Å²) in [5.41, 5.74) is 6.97. The Morgan fingerprint density at radius 2 is 0.968 bits per heavy atom. The van der Waals surface area contributed by atoms with Gasteiger partial charge >= 0.3 is 0 Å². The standard InChI is InChI=1S/C28H19BrN2/c29-21-11-8-12-22(19-21)30-25-14-3-5-16-27(25)31(28-17-6-4-15-26(28)30)24-18-7-10-20-9-1-2-13-23(20)24/h1-19H. The Hall–Kier alpha value is -3.56. The van der Waals surface area contributed by atoms with E-state index in [0.717, 1.165) is 32.9 Å². The first kappa shape index (κ1) is 18.2. The van der Waals surface area contributed by atoms with Crippen molar-refractivity contribution in [1.29, 1.82) is 0 Å². The van der Waals surface area contributed by atoms with Gasteiger partial charge in [0.25, 0.3) is 0 Å². The summed E-state index contributed by atoms with van der Waals surface area (Å²) >= 11 is 3.65. The van der Waals surface area contributed by atoms with Gasteiger partial charge in [0.2, 0.25) is 0 Å². The van der Waals surface area contributed by atoms with Gasteiger partial charge in [0.05, 0.1) is 28.4 Å². The Morgan fingerprint density at radius 1 is 0.452 bits per heavy atom. The van der Waals surface area contributed by atoms with E-state index < -0.39 is 0 Å². The van der Waals surface area contributed by atoms with Crippen molar-refractivity contribution >= 4 is 60.8 Å². The van der Waals surface area contributed by atoms with Crippen LogP contribution in [0.2, 0.25) is 0 Å². The topological polar surface area (TPSA) is 6.48 Å². The molecule has 3 heteroatoms. The van der Waals surface area contributed by atoms with Crippen LogP contribution in [0.4, 0.5) is 34.1 Å². The lowest BCUT2D eigenvalue weighted by atomic mass is 10.0. The number of halogens is 1. The molecule has 0 aromatic heterocycles. The number of nitrogens with zero attached hydrogens (tertiary/aromatic N) is 2. The third-order valence-electron chi connectivity index (χ3n) is 5.80. The second-order valence-corrected chi connectivity index (χ2v) is 8.54. The van der Waals surface area contributed by atoms with Gasteiger partial charge in [-0.2, -0.15) is 0 Å². The highest BCUT2D eigenvalue weighted by Gasteiger charge is 2.30. The number of anilines is 6. The number of para-hydroxylation sites is 4. The van der Waals surface area contributed by atoms with E-state index in [4.69, 9.17) is 0 Å². The summed E-state index contributed by atoms with van der Waals surface area (Å²) in [6.45, 7) is 0. The number of hydrogen-bond acceptors (Lipinski definition) is 2. The Labute approximate surface area is 190 Å². The first-order valence-corrected chi connectivity index (χ1v) is 11.1. The quantitative estimate of drug-likeness (QED) is 0.253. The molecule has 0 saturated carbocycles. The Kier molecular flexibility index (Phi) is 4.29. The zero-order valence-electron chi connectivity index (χ0n) is 16.7. The predicted octanol–water partition coefficient (Wildman–Crippen LogP) is 8.86. The molecular formula is C28H19BrN2. The van der Waals surface area contributed by atoms with Crippen molar-refractivity contribution in [2.75, 3.05) is 9.80 Å². The molecule has 2 nitrogen and oxygen atoms in total. The molecule has 1 aliphatic rings. The molecule has 5 aromatic carbocycles. The van der Waals surface area contributed by atoms with Crippen molar-refractivity contribution in [3.8, 4) is 0 Å². The minimum atomic E-state index is 1.07. The van der Waals surface area contributed by atoms with Gasteiger partial charge in [0.15, 0.2) is 0 Å². The summed E-state index contributed by atoms with van der Waals surface area (Å²) in [5.74, 6) is 0. The van der Waals surface area contributed by atoms with Gasteiger partial charge in [-0.1, -0.05) is 82.7 Å². The van der Waals surface area contributed by atoms with Crippen molar-refractivity contribution < 1.29 is 0 Å². The van der Waals surface area contributed by atoms with Crippen LogP contribution in [0.3, 0.4) is 0 Å². The fourth-order valence-corrected chi connectivity index (χ4v) is 4.89. The molecule has 0 bridgehead atoms. The van der Waals surface area contributed by atoms with Crippen LogP contribution in [0.5, 0.6) is 0 Å². The Bertz CT molecular complexity index is 1370. The van der Waals surface area contributed by atoms with Crippen LogP contribution in [-0.4, -0.2) is 0 Å². The molecule has 0 fully saturated rings. The van der Waals surface area contributed by atoms with Crippen LogP contribution >= 0.6 is 15.9 Å². The van der Waals surface area contributed by atoms with E-state index in [1.54, 1.807) is 0 Å². The van der Waals surface area contributed by atoms with Gasteiger partial charge in [-0.05, 0) is 53.9 Å². The molecular weight excluding hydrogens is 444 g/mol. The minimum absolute atomic E-state index is 1.07. The molecule has 31 heavy (non-hydrogen) atoms. The summed E-state index contributed by atoms with van der Waals surface area (Å²) in [6.07, 6.45) is 0. The van der Waals surface area contributed by atoms with Crippen LogP contribution in [0.25, 0.3) is 10.8 Å². The van der Waals surface area contributed by atoms with Crippen LogP contribution in [0.1, 0.15) is 0 Å². The van der Waals surface area contributed by atoms with Crippen molar-refractivity contribution in [2.45, 2.75) is 0 Å². The Morgan fingerprint density at radius 3 is 1.65 bits per heavy atom. The van der Waals surface area contributed by atoms with E-state index in [1.807, 2.05) is 0 Å². The molecule has 0 saturated heterocycles. The molecule has 0 unspecified atom stereocenters. The van der Waals surface area contributed by atoms with Gasteiger partial charge in [-0.3, -0.25) is 0 Å². The smallest absolute Gasteiger partial charge is 0.0703 e. The van der Waals surface area contributed by atoms with E-state index in [1.165, 1.54) is 16.5 Å². The van der Waals surface area contributed by atoms with E-state index >= 15 is 0 Å². The first-order chi connectivity index (χ1) is 15.3. The van der Waals surface area contributed by atoms with Gasteiger partial charge in [-0.15, -0.1) is 0 Å². The fourth-order valence-electron chi connectivity index (χ4n) is 4.50. The summed E-state index contributed by atoms with van der Waals surface area (Å²) in [6, 6.07) is 40.9. The van der Waals surface area contributed by atoms with E-state index in [2.05, 4.69) is 141 Å². The predicted molar refractivity (Wildman–Crippen MR) is 135 cm³/mol. The lowest BCUT2D eigenvalue weighted by molar-refractivity contribution is 1.17. The molecule has 1 aliphatic heterocycles.